The maximum Gasteiger partial charge on any atom is 0.0471 e. The van der Waals surface area contributed by atoms with E-state index in [0.29, 0.717) is 6.04 Å². The zero-order valence-corrected chi connectivity index (χ0v) is 11.0. The van der Waals surface area contributed by atoms with Crippen LogP contribution in [-0.4, -0.2) is 6.04 Å². The van der Waals surface area contributed by atoms with Gasteiger partial charge in [-0.25, -0.2) is 0 Å². The fourth-order valence-electron chi connectivity index (χ4n) is 2.25. The van der Waals surface area contributed by atoms with Crippen LogP contribution in [0.3, 0.4) is 0 Å². The Morgan fingerprint density at radius 2 is 1.88 bits per heavy atom. The fraction of sp³-hybridized carbons (Fsp3) is 0.733. The molecule has 0 bridgehead atoms. The molecule has 0 radical (unpaired) electrons. The highest BCUT2D eigenvalue weighted by Gasteiger charge is 2.13. The lowest BCUT2D eigenvalue weighted by atomic mass is 9.94. The summed E-state index contributed by atoms with van der Waals surface area (Å²) >= 11 is 0. The van der Waals surface area contributed by atoms with Gasteiger partial charge < -0.3 is 5.32 Å². The molecule has 0 spiro atoms. The monoisotopic (exact) mass is 221 g/mol. The highest BCUT2D eigenvalue weighted by molar-refractivity contribution is 5.22. The number of hydrogen-bond acceptors (Lipinski definition) is 1. The summed E-state index contributed by atoms with van der Waals surface area (Å²) in [5, 5.41) is 3.51. The summed E-state index contributed by atoms with van der Waals surface area (Å²) in [4.78, 5) is 0. The van der Waals surface area contributed by atoms with Crippen LogP contribution in [0.1, 0.15) is 65.2 Å². The zero-order valence-electron chi connectivity index (χ0n) is 11.0. The van der Waals surface area contributed by atoms with Crippen molar-refractivity contribution in [3.63, 3.8) is 0 Å². The van der Waals surface area contributed by atoms with Crippen molar-refractivity contribution in [2.75, 3.05) is 0 Å². The highest BCUT2D eigenvalue weighted by Crippen LogP contribution is 2.19. The fourth-order valence-corrected chi connectivity index (χ4v) is 2.25. The van der Waals surface area contributed by atoms with Crippen LogP contribution in [-0.2, 0) is 0 Å². The molecule has 0 amide bonds. The van der Waals surface area contributed by atoms with Gasteiger partial charge in [0.2, 0.25) is 0 Å². The molecule has 1 atom stereocenters. The Morgan fingerprint density at radius 3 is 2.62 bits per heavy atom. The summed E-state index contributed by atoms with van der Waals surface area (Å²) in [5.74, 6) is 0. The average Bonchev–Trinajstić information content (AvgIpc) is 2.33. The minimum Gasteiger partial charge on any atom is -0.384 e. The predicted octanol–water partition coefficient (Wildman–Crippen LogP) is 4.56. The number of allylic oxidation sites excluding steroid dienone is 2. The van der Waals surface area contributed by atoms with Gasteiger partial charge in [-0.3, -0.25) is 0 Å². The van der Waals surface area contributed by atoms with Gasteiger partial charge in [-0.05, 0) is 37.1 Å². The van der Waals surface area contributed by atoms with E-state index in [1.165, 1.54) is 51.4 Å². The maximum atomic E-state index is 3.51. The first-order chi connectivity index (χ1) is 7.88. The third-order valence-electron chi connectivity index (χ3n) is 3.32. The summed E-state index contributed by atoms with van der Waals surface area (Å²) < 4.78 is 0. The second-order valence-electron chi connectivity index (χ2n) is 4.77. The molecule has 0 fully saturated rings. The van der Waals surface area contributed by atoms with Crippen LogP contribution < -0.4 is 5.32 Å². The first-order valence-electron chi connectivity index (χ1n) is 7.00. The van der Waals surface area contributed by atoms with E-state index in [2.05, 4.69) is 37.5 Å². The van der Waals surface area contributed by atoms with E-state index in [1.54, 1.807) is 5.57 Å². The van der Waals surface area contributed by atoms with E-state index in [9.17, 15) is 0 Å². The van der Waals surface area contributed by atoms with Crippen molar-refractivity contribution >= 4 is 0 Å². The Balaban J connectivity index is 2.27. The van der Waals surface area contributed by atoms with E-state index in [-0.39, 0.29) is 0 Å². The lowest BCUT2D eigenvalue weighted by Gasteiger charge is -2.23. The predicted molar refractivity (Wildman–Crippen MR) is 72.4 cm³/mol. The van der Waals surface area contributed by atoms with Crippen LogP contribution in [0.15, 0.2) is 23.9 Å². The van der Waals surface area contributed by atoms with E-state index in [0.717, 1.165) is 0 Å². The molecule has 16 heavy (non-hydrogen) atoms. The Morgan fingerprint density at radius 1 is 1.06 bits per heavy atom. The third-order valence-corrected chi connectivity index (χ3v) is 3.32. The number of unbranched alkanes of at least 4 members (excludes halogenated alkanes) is 4. The molecule has 1 aliphatic rings. The molecular formula is C15H27N. The van der Waals surface area contributed by atoms with E-state index in [4.69, 9.17) is 0 Å². The third kappa shape index (κ3) is 4.87. The van der Waals surface area contributed by atoms with Gasteiger partial charge in [0.15, 0.2) is 0 Å². The van der Waals surface area contributed by atoms with Gasteiger partial charge in [0.05, 0.1) is 0 Å². The molecule has 0 aromatic rings. The minimum atomic E-state index is 0.619. The van der Waals surface area contributed by atoms with Crippen molar-refractivity contribution < 1.29 is 0 Å². The second-order valence-corrected chi connectivity index (χ2v) is 4.77. The van der Waals surface area contributed by atoms with Crippen LogP contribution in [0, 0.1) is 0 Å². The molecule has 0 aliphatic carbocycles. The molecule has 1 aliphatic heterocycles. The Hall–Kier alpha value is -0.720. The maximum absolute atomic E-state index is 3.51. The minimum absolute atomic E-state index is 0.619. The zero-order chi connectivity index (χ0) is 11.6. The van der Waals surface area contributed by atoms with Gasteiger partial charge in [-0.1, -0.05) is 52.0 Å². The van der Waals surface area contributed by atoms with Crippen molar-refractivity contribution in [3.8, 4) is 0 Å². The number of nitrogens with one attached hydrogen (secondary N) is 1. The molecule has 0 saturated heterocycles. The standard InChI is InChI=1S/C15H27N/c1-3-5-7-8-12-15-14(10-6-4-2)11-9-13-16-15/h9,11,13,15-16H,3-8,10,12H2,1-2H3. The molecule has 1 N–H and O–H groups in total. The molecule has 1 nitrogen and oxygen atoms in total. The van der Waals surface area contributed by atoms with Crippen molar-refractivity contribution in [1.29, 1.82) is 0 Å². The summed E-state index contributed by atoms with van der Waals surface area (Å²) in [7, 11) is 0. The highest BCUT2D eigenvalue weighted by atomic mass is 14.9. The van der Waals surface area contributed by atoms with Gasteiger partial charge in [0.25, 0.3) is 0 Å². The molecule has 1 heterocycles. The topological polar surface area (TPSA) is 12.0 Å². The summed E-state index contributed by atoms with van der Waals surface area (Å²) in [5.41, 5.74) is 1.61. The van der Waals surface area contributed by atoms with Crippen molar-refractivity contribution in [2.45, 2.75) is 71.3 Å². The molecule has 0 saturated carbocycles. The molecule has 92 valence electrons. The molecule has 1 heteroatoms. The largest absolute Gasteiger partial charge is 0.384 e. The van der Waals surface area contributed by atoms with E-state index in [1.807, 2.05) is 0 Å². The van der Waals surface area contributed by atoms with Gasteiger partial charge in [0.1, 0.15) is 0 Å². The number of hydrogen-bond donors (Lipinski definition) is 1. The first kappa shape index (κ1) is 13.3. The molecule has 1 rings (SSSR count). The van der Waals surface area contributed by atoms with Crippen molar-refractivity contribution in [2.24, 2.45) is 0 Å². The van der Waals surface area contributed by atoms with Gasteiger partial charge in [0, 0.05) is 6.04 Å². The van der Waals surface area contributed by atoms with Crippen molar-refractivity contribution in [3.05, 3.63) is 23.9 Å². The summed E-state index contributed by atoms with van der Waals surface area (Å²) in [6.45, 7) is 4.54. The van der Waals surface area contributed by atoms with Crippen LogP contribution in [0.25, 0.3) is 0 Å². The lowest BCUT2D eigenvalue weighted by molar-refractivity contribution is 0.527. The Bertz CT molecular complexity index is 228. The lowest BCUT2D eigenvalue weighted by Crippen LogP contribution is -2.28. The van der Waals surface area contributed by atoms with Gasteiger partial charge in [-0.2, -0.15) is 0 Å². The van der Waals surface area contributed by atoms with Crippen LogP contribution in [0.2, 0.25) is 0 Å². The molecule has 0 aromatic carbocycles. The summed E-state index contributed by atoms with van der Waals surface area (Å²) in [6.07, 6.45) is 17.2. The average molecular weight is 221 g/mol. The SMILES string of the molecule is CCCCCCC1NC=CC=C1CCCC. The van der Waals surface area contributed by atoms with Gasteiger partial charge >= 0.3 is 0 Å². The Labute approximate surface area is 101 Å². The van der Waals surface area contributed by atoms with Crippen LogP contribution in [0.5, 0.6) is 0 Å². The smallest absolute Gasteiger partial charge is 0.0471 e. The molecule has 0 aromatic heterocycles. The normalized spacial score (nSPS) is 19.4. The summed E-state index contributed by atoms with van der Waals surface area (Å²) in [6, 6.07) is 0.619. The van der Waals surface area contributed by atoms with Crippen LogP contribution >= 0.6 is 0 Å². The molecular weight excluding hydrogens is 194 g/mol. The van der Waals surface area contributed by atoms with Crippen LogP contribution in [0.4, 0.5) is 0 Å². The number of rotatable bonds is 8. The number of dihydropyridines is 1. The Kier molecular flexibility index (Phi) is 7.03. The molecule has 1 unspecified atom stereocenters. The second kappa shape index (κ2) is 8.43. The van der Waals surface area contributed by atoms with Crippen molar-refractivity contribution in [1.82, 2.24) is 5.32 Å². The van der Waals surface area contributed by atoms with E-state index >= 15 is 0 Å². The first-order valence-corrected chi connectivity index (χ1v) is 7.00. The van der Waals surface area contributed by atoms with E-state index < -0.39 is 0 Å². The quantitative estimate of drug-likeness (QED) is 0.592. The van der Waals surface area contributed by atoms with Gasteiger partial charge in [-0.15, -0.1) is 0 Å².